The van der Waals surface area contributed by atoms with E-state index in [1.165, 1.54) is 0 Å². The summed E-state index contributed by atoms with van der Waals surface area (Å²) in [4.78, 5) is 24.8. The third kappa shape index (κ3) is 2.56. The average molecular weight is 312 g/mol. The van der Waals surface area contributed by atoms with E-state index in [0.717, 1.165) is 10.0 Å². The first-order valence-corrected chi connectivity index (χ1v) is 6.56. The summed E-state index contributed by atoms with van der Waals surface area (Å²) in [6.45, 7) is 2.70. The van der Waals surface area contributed by atoms with Gasteiger partial charge < -0.3 is 10.0 Å². The number of aliphatic carboxylic acids is 1. The van der Waals surface area contributed by atoms with Crippen molar-refractivity contribution in [1.29, 1.82) is 0 Å². The molecule has 1 heterocycles. The van der Waals surface area contributed by atoms with Gasteiger partial charge in [0.2, 0.25) is 0 Å². The third-order valence-electron chi connectivity index (χ3n) is 3.25. The second-order valence-corrected chi connectivity index (χ2v) is 5.45. The van der Waals surface area contributed by atoms with Crippen molar-refractivity contribution in [2.75, 3.05) is 13.1 Å². The first-order chi connectivity index (χ1) is 8.49. The maximum atomic E-state index is 12.3. The van der Waals surface area contributed by atoms with Gasteiger partial charge >= 0.3 is 5.97 Å². The normalized spacial score (nSPS) is 19.0. The van der Waals surface area contributed by atoms with E-state index in [9.17, 15) is 9.59 Å². The fourth-order valence-corrected chi connectivity index (χ4v) is 2.50. The highest BCUT2D eigenvalue weighted by atomic mass is 79.9. The predicted octanol–water partition coefficient (Wildman–Crippen LogP) is 2.30. The lowest BCUT2D eigenvalue weighted by atomic mass is 10.1. The van der Waals surface area contributed by atoms with Crippen LogP contribution < -0.4 is 0 Å². The highest BCUT2D eigenvalue weighted by molar-refractivity contribution is 9.10. The van der Waals surface area contributed by atoms with E-state index >= 15 is 0 Å². The Labute approximate surface area is 114 Å². The minimum atomic E-state index is -0.823. The van der Waals surface area contributed by atoms with Crippen molar-refractivity contribution in [1.82, 2.24) is 4.90 Å². The summed E-state index contributed by atoms with van der Waals surface area (Å²) in [7, 11) is 0. The number of benzene rings is 1. The average Bonchev–Trinajstić information content (AvgIpc) is 2.81. The molecule has 1 fully saturated rings. The van der Waals surface area contributed by atoms with Crippen LogP contribution in [0.5, 0.6) is 0 Å². The smallest absolute Gasteiger partial charge is 0.308 e. The molecule has 1 aromatic carbocycles. The summed E-state index contributed by atoms with van der Waals surface area (Å²) >= 11 is 3.34. The van der Waals surface area contributed by atoms with E-state index in [0.29, 0.717) is 25.1 Å². The number of hydrogen-bond acceptors (Lipinski definition) is 2. The Morgan fingerprint density at radius 2 is 2.17 bits per heavy atom. The van der Waals surface area contributed by atoms with Crippen molar-refractivity contribution in [2.24, 2.45) is 5.92 Å². The van der Waals surface area contributed by atoms with Gasteiger partial charge in [0.15, 0.2) is 0 Å². The van der Waals surface area contributed by atoms with Gasteiger partial charge in [-0.05, 0) is 31.0 Å². The SMILES string of the molecule is Cc1ccc(Br)cc1C(=O)N1CCC(C(=O)O)C1. The van der Waals surface area contributed by atoms with Gasteiger partial charge in [0.25, 0.3) is 5.91 Å². The number of carboxylic acid groups (broad SMARTS) is 1. The highest BCUT2D eigenvalue weighted by Crippen LogP contribution is 2.22. The molecule has 2 rings (SSSR count). The number of rotatable bonds is 2. The number of halogens is 1. The minimum Gasteiger partial charge on any atom is -0.481 e. The molecule has 1 atom stereocenters. The Balaban J connectivity index is 2.17. The zero-order valence-corrected chi connectivity index (χ0v) is 11.6. The van der Waals surface area contributed by atoms with Gasteiger partial charge in [-0.2, -0.15) is 0 Å². The largest absolute Gasteiger partial charge is 0.481 e. The molecule has 1 N–H and O–H groups in total. The van der Waals surface area contributed by atoms with Crippen LogP contribution in [-0.4, -0.2) is 35.0 Å². The van der Waals surface area contributed by atoms with Crippen molar-refractivity contribution in [2.45, 2.75) is 13.3 Å². The number of hydrogen-bond donors (Lipinski definition) is 1. The molecule has 0 aromatic heterocycles. The second-order valence-electron chi connectivity index (χ2n) is 4.53. The molecular weight excluding hydrogens is 298 g/mol. The van der Waals surface area contributed by atoms with Crippen LogP contribution in [0.1, 0.15) is 22.3 Å². The number of carbonyl (C=O) groups excluding carboxylic acids is 1. The van der Waals surface area contributed by atoms with Crippen LogP contribution in [0.15, 0.2) is 22.7 Å². The quantitative estimate of drug-likeness (QED) is 0.911. The van der Waals surface area contributed by atoms with Crippen molar-refractivity contribution in [3.05, 3.63) is 33.8 Å². The lowest BCUT2D eigenvalue weighted by Crippen LogP contribution is -2.30. The molecule has 0 radical (unpaired) electrons. The molecule has 1 aromatic rings. The van der Waals surface area contributed by atoms with Crippen molar-refractivity contribution >= 4 is 27.8 Å². The van der Waals surface area contributed by atoms with Crippen molar-refractivity contribution in [3.63, 3.8) is 0 Å². The number of carbonyl (C=O) groups is 2. The zero-order chi connectivity index (χ0) is 13.3. The van der Waals surface area contributed by atoms with Gasteiger partial charge in [0.1, 0.15) is 0 Å². The standard InChI is InChI=1S/C13H14BrNO3/c1-8-2-3-10(14)6-11(8)12(16)15-5-4-9(7-15)13(17)18/h2-3,6,9H,4-5,7H2,1H3,(H,17,18). The Kier molecular flexibility index (Phi) is 3.71. The lowest BCUT2D eigenvalue weighted by molar-refractivity contribution is -0.141. The Hall–Kier alpha value is -1.36. The van der Waals surface area contributed by atoms with Crippen LogP contribution >= 0.6 is 15.9 Å². The summed E-state index contributed by atoms with van der Waals surface area (Å²) < 4.78 is 0.852. The summed E-state index contributed by atoms with van der Waals surface area (Å²) in [5.41, 5.74) is 1.54. The number of likely N-dealkylation sites (tertiary alicyclic amines) is 1. The molecule has 1 aliphatic rings. The van der Waals surface area contributed by atoms with E-state index in [1.54, 1.807) is 11.0 Å². The van der Waals surface area contributed by atoms with Crippen LogP contribution in [0.4, 0.5) is 0 Å². The fourth-order valence-electron chi connectivity index (χ4n) is 2.14. The molecule has 0 aliphatic carbocycles. The molecule has 5 heteroatoms. The first-order valence-electron chi connectivity index (χ1n) is 5.77. The van der Waals surface area contributed by atoms with E-state index in [2.05, 4.69) is 15.9 Å². The maximum absolute atomic E-state index is 12.3. The van der Waals surface area contributed by atoms with Gasteiger partial charge in [-0.3, -0.25) is 9.59 Å². The molecule has 1 amide bonds. The zero-order valence-electron chi connectivity index (χ0n) is 10.0. The summed E-state index contributed by atoms with van der Waals surface area (Å²) in [5.74, 6) is -1.34. The van der Waals surface area contributed by atoms with Crippen molar-refractivity contribution < 1.29 is 14.7 Å². The maximum Gasteiger partial charge on any atom is 0.308 e. The lowest BCUT2D eigenvalue weighted by Gasteiger charge is -2.17. The summed E-state index contributed by atoms with van der Waals surface area (Å²) in [6, 6.07) is 5.55. The molecule has 0 spiro atoms. The fraction of sp³-hybridized carbons (Fsp3) is 0.385. The van der Waals surface area contributed by atoms with E-state index in [1.807, 2.05) is 19.1 Å². The van der Waals surface area contributed by atoms with Crippen LogP contribution in [0.3, 0.4) is 0 Å². The monoisotopic (exact) mass is 311 g/mol. The van der Waals surface area contributed by atoms with Gasteiger partial charge in [0, 0.05) is 23.1 Å². The molecule has 4 nitrogen and oxygen atoms in total. The number of nitrogens with zero attached hydrogens (tertiary/aromatic N) is 1. The van der Waals surface area contributed by atoms with Gasteiger partial charge in [-0.25, -0.2) is 0 Å². The summed E-state index contributed by atoms with van der Waals surface area (Å²) in [6.07, 6.45) is 0.536. The molecule has 96 valence electrons. The predicted molar refractivity (Wildman–Crippen MR) is 70.5 cm³/mol. The number of amides is 1. The third-order valence-corrected chi connectivity index (χ3v) is 3.75. The van der Waals surface area contributed by atoms with E-state index < -0.39 is 11.9 Å². The number of carboxylic acids is 1. The molecular formula is C13H14BrNO3. The molecule has 0 saturated carbocycles. The highest BCUT2D eigenvalue weighted by Gasteiger charge is 2.31. The molecule has 1 saturated heterocycles. The van der Waals surface area contributed by atoms with Gasteiger partial charge in [-0.1, -0.05) is 22.0 Å². The van der Waals surface area contributed by atoms with Crippen LogP contribution in [-0.2, 0) is 4.79 Å². The second kappa shape index (κ2) is 5.10. The molecule has 18 heavy (non-hydrogen) atoms. The van der Waals surface area contributed by atoms with E-state index in [4.69, 9.17) is 5.11 Å². The number of aryl methyl sites for hydroxylation is 1. The molecule has 0 bridgehead atoms. The van der Waals surface area contributed by atoms with Crippen LogP contribution in [0, 0.1) is 12.8 Å². The topological polar surface area (TPSA) is 57.6 Å². The Morgan fingerprint density at radius 3 is 2.78 bits per heavy atom. The van der Waals surface area contributed by atoms with Gasteiger partial charge in [0.05, 0.1) is 5.92 Å². The van der Waals surface area contributed by atoms with Crippen molar-refractivity contribution in [3.8, 4) is 0 Å². The Bertz CT molecular complexity index is 501. The Morgan fingerprint density at radius 1 is 1.44 bits per heavy atom. The van der Waals surface area contributed by atoms with Crippen LogP contribution in [0.2, 0.25) is 0 Å². The van der Waals surface area contributed by atoms with Crippen LogP contribution in [0.25, 0.3) is 0 Å². The van der Waals surface area contributed by atoms with Gasteiger partial charge in [-0.15, -0.1) is 0 Å². The summed E-state index contributed by atoms with van der Waals surface area (Å²) in [5, 5.41) is 8.94. The molecule has 1 aliphatic heterocycles. The first kappa shape index (κ1) is 13.1. The molecule has 1 unspecified atom stereocenters. The van der Waals surface area contributed by atoms with E-state index in [-0.39, 0.29) is 5.91 Å². The minimum absolute atomic E-state index is 0.0856.